The van der Waals surface area contributed by atoms with Crippen molar-refractivity contribution in [2.45, 2.75) is 30.7 Å². The Labute approximate surface area is 175 Å². The van der Waals surface area contributed by atoms with Crippen LogP contribution < -0.4 is 4.74 Å². The number of carbonyl (C=O) groups excluding carboxylic acids is 3. The number of nitrogens with zero attached hydrogens (tertiary/aromatic N) is 4. The van der Waals surface area contributed by atoms with Crippen molar-refractivity contribution in [3.8, 4) is 5.75 Å². The average molecular weight is 436 g/mol. The van der Waals surface area contributed by atoms with E-state index in [1.807, 2.05) is 11.8 Å². The van der Waals surface area contributed by atoms with Crippen molar-refractivity contribution < 1.29 is 27.5 Å². The molecule has 0 bridgehead atoms. The molecule has 0 aromatic heterocycles. The minimum atomic E-state index is -3.65. The zero-order chi connectivity index (χ0) is 21.5. The van der Waals surface area contributed by atoms with Crippen LogP contribution in [0.2, 0.25) is 0 Å². The molecule has 3 aliphatic rings. The summed E-state index contributed by atoms with van der Waals surface area (Å²) in [6.45, 7) is 3.50. The van der Waals surface area contributed by atoms with Gasteiger partial charge in [0.05, 0.1) is 18.2 Å². The second kappa shape index (κ2) is 7.97. The van der Waals surface area contributed by atoms with Crippen molar-refractivity contribution in [2.24, 2.45) is 0 Å². The Balaban J connectivity index is 1.36. The van der Waals surface area contributed by atoms with Crippen molar-refractivity contribution in [3.63, 3.8) is 0 Å². The van der Waals surface area contributed by atoms with Gasteiger partial charge in [0.25, 0.3) is 0 Å². The first-order valence-corrected chi connectivity index (χ1v) is 11.4. The lowest BCUT2D eigenvalue weighted by Crippen LogP contribution is -2.52. The molecule has 3 fully saturated rings. The van der Waals surface area contributed by atoms with E-state index in [0.29, 0.717) is 25.4 Å². The van der Waals surface area contributed by atoms with Crippen LogP contribution in [0.1, 0.15) is 19.8 Å². The lowest BCUT2D eigenvalue weighted by Gasteiger charge is -2.35. The lowest BCUT2D eigenvalue weighted by atomic mass is 10.3. The minimum absolute atomic E-state index is 0.0103. The van der Waals surface area contributed by atoms with Gasteiger partial charge in [-0.05, 0) is 44.0 Å². The number of benzene rings is 1. The second-order valence-corrected chi connectivity index (χ2v) is 9.43. The maximum absolute atomic E-state index is 12.9. The molecule has 0 N–H and O–H groups in total. The maximum atomic E-state index is 12.9. The largest absolute Gasteiger partial charge is 0.494 e. The third kappa shape index (κ3) is 3.80. The summed E-state index contributed by atoms with van der Waals surface area (Å²) in [4.78, 5) is 40.7. The molecule has 30 heavy (non-hydrogen) atoms. The fraction of sp³-hybridized carbons (Fsp3) is 0.526. The van der Waals surface area contributed by atoms with E-state index in [9.17, 15) is 22.8 Å². The molecule has 1 aromatic carbocycles. The molecule has 0 radical (unpaired) electrons. The topological polar surface area (TPSA) is 108 Å². The fourth-order valence-corrected chi connectivity index (χ4v) is 5.06. The number of piperazine rings is 1. The highest BCUT2D eigenvalue weighted by Crippen LogP contribution is 2.31. The number of hydrogen-bond donors (Lipinski definition) is 0. The third-order valence-electron chi connectivity index (χ3n) is 5.44. The van der Waals surface area contributed by atoms with E-state index >= 15 is 0 Å². The van der Waals surface area contributed by atoms with Gasteiger partial charge in [-0.2, -0.15) is 4.31 Å². The molecule has 162 valence electrons. The van der Waals surface area contributed by atoms with Gasteiger partial charge in [-0.15, -0.1) is 0 Å². The van der Waals surface area contributed by atoms with Crippen molar-refractivity contribution >= 4 is 27.9 Å². The smallest absolute Gasteiger partial charge is 0.335 e. The zero-order valence-electron chi connectivity index (χ0n) is 16.7. The molecule has 11 heteroatoms. The highest BCUT2D eigenvalue weighted by atomic mass is 32.2. The Hall–Kier alpha value is -2.50. The SMILES string of the molecule is CCOc1ccc(S(=O)(=O)N2CCN(CN3C(=O)C(=O)N(C4CC4)C3=O)CC2)cc1. The van der Waals surface area contributed by atoms with E-state index in [0.717, 1.165) is 22.6 Å². The number of amides is 4. The molecule has 1 saturated carbocycles. The van der Waals surface area contributed by atoms with Crippen LogP contribution in [0.3, 0.4) is 0 Å². The van der Waals surface area contributed by atoms with Gasteiger partial charge in [0.1, 0.15) is 5.75 Å². The first kappa shape index (κ1) is 20.8. The van der Waals surface area contributed by atoms with E-state index in [-0.39, 0.29) is 30.7 Å². The predicted molar refractivity (Wildman–Crippen MR) is 105 cm³/mol. The summed E-state index contributed by atoms with van der Waals surface area (Å²) in [6.07, 6.45) is 1.47. The van der Waals surface area contributed by atoms with Gasteiger partial charge in [0.15, 0.2) is 0 Å². The average Bonchev–Trinajstić information content (AvgIpc) is 3.54. The number of urea groups is 1. The Kier molecular flexibility index (Phi) is 5.51. The number of imide groups is 2. The van der Waals surface area contributed by atoms with Crippen molar-refractivity contribution in [1.82, 2.24) is 19.0 Å². The van der Waals surface area contributed by atoms with Gasteiger partial charge in [0.2, 0.25) is 10.0 Å². The number of ether oxygens (including phenoxy) is 1. The summed E-state index contributed by atoms with van der Waals surface area (Å²) in [5.41, 5.74) is 0. The number of sulfonamides is 1. The van der Waals surface area contributed by atoms with Crippen LogP contribution in [0.5, 0.6) is 5.75 Å². The quantitative estimate of drug-likeness (QED) is 0.447. The summed E-state index contributed by atoms with van der Waals surface area (Å²) in [5, 5.41) is 0. The summed E-state index contributed by atoms with van der Waals surface area (Å²) >= 11 is 0. The van der Waals surface area contributed by atoms with Crippen LogP contribution in [0.15, 0.2) is 29.2 Å². The summed E-state index contributed by atoms with van der Waals surface area (Å²) in [5.74, 6) is -0.966. The maximum Gasteiger partial charge on any atom is 0.335 e. The van der Waals surface area contributed by atoms with Gasteiger partial charge in [-0.25, -0.2) is 18.1 Å². The first-order chi connectivity index (χ1) is 14.3. The van der Waals surface area contributed by atoms with Gasteiger partial charge < -0.3 is 4.74 Å². The van der Waals surface area contributed by atoms with Crippen molar-refractivity contribution in [3.05, 3.63) is 24.3 Å². The Morgan fingerprint density at radius 3 is 2.17 bits per heavy atom. The predicted octanol–water partition coefficient (Wildman–Crippen LogP) is 0.302. The molecule has 2 saturated heterocycles. The molecule has 0 unspecified atom stereocenters. The third-order valence-corrected chi connectivity index (χ3v) is 7.35. The molecule has 1 aromatic rings. The minimum Gasteiger partial charge on any atom is -0.494 e. The highest BCUT2D eigenvalue weighted by Gasteiger charge is 2.51. The van der Waals surface area contributed by atoms with Gasteiger partial charge in [-0.1, -0.05) is 0 Å². The molecular weight excluding hydrogens is 412 g/mol. The second-order valence-electron chi connectivity index (χ2n) is 7.49. The highest BCUT2D eigenvalue weighted by molar-refractivity contribution is 7.89. The Morgan fingerprint density at radius 1 is 0.967 bits per heavy atom. The zero-order valence-corrected chi connectivity index (χ0v) is 17.5. The van der Waals surface area contributed by atoms with Crippen LogP contribution in [0, 0.1) is 0 Å². The van der Waals surface area contributed by atoms with Crippen LogP contribution in [0.25, 0.3) is 0 Å². The van der Waals surface area contributed by atoms with Gasteiger partial charge >= 0.3 is 17.8 Å². The van der Waals surface area contributed by atoms with Gasteiger partial charge in [-0.3, -0.25) is 19.4 Å². The summed E-state index contributed by atoms with van der Waals surface area (Å²) in [6, 6.07) is 5.56. The number of rotatable bonds is 7. The number of hydrogen-bond acceptors (Lipinski definition) is 7. The molecular formula is C19H24N4O6S. The van der Waals surface area contributed by atoms with Crippen LogP contribution in [0.4, 0.5) is 4.79 Å². The molecule has 1 aliphatic carbocycles. The molecule has 4 amide bonds. The van der Waals surface area contributed by atoms with Crippen LogP contribution in [-0.2, 0) is 19.6 Å². The summed E-state index contributed by atoms with van der Waals surface area (Å²) in [7, 11) is -3.65. The lowest BCUT2D eigenvalue weighted by molar-refractivity contribution is -0.144. The standard InChI is InChI=1S/C19H24N4O6S/c1-2-29-15-5-7-16(8-6-15)30(27,28)21-11-9-20(10-12-21)13-22-17(24)18(25)23(19(22)26)14-3-4-14/h5-8,14H,2-4,9-13H2,1H3. The van der Waals surface area contributed by atoms with Gasteiger partial charge in [0, 0.05) is 32.2 Å². The molecule has 0 atom stereocenters. The molecule has 4 rings (SSSR count). The molecule has 2 aliphatic heterocycles. The van der Waals surface area contributed by atoms with E-state index in [1.165, 1.54) is 16.4 Å². The normalized spacial score (nSPS) is 21.6. The van der Waals surface area contributed by atoms with E-state index in [4.69, 9.17) is 4.74 Å². The molecule has 0 spiro atoms. The van der Waals surface area contributed by atoms with Crippen LogP contribution >= 0.6 is 0 Å². The van der Waals surface area contributed by atoms with E-state index in [1.54, 1.807) is 12.1 Å². The van der Waals surface area contributed by atoms with E-state index in [2.05, 4.69) is 0 Å². The monoisotopic (exact) mass is 436 g/mol. The van der Waals surface area contributed by atoms with Crippen molar-refractivity contribution in [2.75, 3.05) is 39.5 Å². The Bertz CT molecular complexity index is 952. The number of carbonyl (C=O) groups is 3. The fourth-order valence-electron chi connectivity index (χ4n) is 3.64. The molecule has 2 heterocycles. The summed E-state index contributed by atoms with van der Waals surface area (Å²) < 4.78 is 32.5. The first-order valence-electron chi connectivity index (χ1n) is 9.97. The van der Waals surface area contributed by atoms with Crippen molar-refractivity contribution in [1.29, 1.82) is 0 Å². The van der Waals surface area contributed by atoms with E-state index < -0.39 is 27.9 Å². The molecule has 10 nitrogen and oxygen atoms in total. The Morgan fingerprint density at radius 2 is 1.60 bits per heavy atom. The van der Waals surface area contributed by atoms with Crippen LogP contribution in [-0.4, -0.2) is 90.8 Å².